The largest absolute Gasteiger partial charge is 0.491 e. The van der Waals surface area contributed by atoms with Crippen molar-refractivity contribution in [1.29, 1.82) is 0 Å². The van der Waals surface area contributed by atoms with E-state index < -0.39 is 0 Å². The van der Waals surface area contributed by atoms with E-state index in [1.54, 1.807) is 0 Å². The number of carbonyl (C=O) groups is 1. The Bertz CT molecular complexity index is 1150. The molecule has 1 amide bonds. The molecule has 1 aromatic heterocycles. The Morgan fingerprint density at radius 1 is 1.03 bits per heavy atom. The molecule has 3 aromatic rings. The molecule has 2 aromatic carbocycles. The number of amides is 1. The van der Waals surface area contributed by atoms with E-state index in [-0.39, 0.29) is 5.91 Å². The topological polar surface area (TPSA) is 56.6 Å². The molecular formula is C28H35N3O3. The molecule has 0 fully saturated rings. The molecule has 2 heterocycles. The second kappa shape index (κ2) is 10.9. The molecule has 180 valence electrons. The molecule has 1 aliphatic rings. The van der Waals surface area contributed by atoms with Crippen molar-refractivity contribution in [3.63, 3.8) is 0 Å². The number of nitrogens with zero attached hydrogens (tertiary/aromatic N) is 3. The van der Waals surface area contributed by atoms with Gasteiger partial charge in [0, 0.05) is 38.7 Å². The van der Waals surface area contributed by atoms with E-state index in [1.165, 1.54) is 22.3 Å². The van der Waals surface area contributed by atoms with Crippen LogP contribution in [0.2, 0.25) is 0 Å². The summed E-state index contributed by atoms with van der Waals surface area (Å²) in [5.41, 5.74) is 8.03. The summed E-state index contributed by atoms with van der Waals surface area (Å²) >= 11 is 0. The predicted octanol–water partition coefficient (Wildman–Crippen LogP) is 4.31. The maximum Gasteiger partial charge on any atom is 0.223 e. The third-order valence-corrected chi connectivity index (χ3v) is 6.57. The first-order chi connectivity index (χ1) is 16.4. The molecule has 0 saturated carbocycles. The smallest absolute Gasteiger partial charge is 0.223 e. The fourth-order valence-corrected chi connectivity index (χ4v) is 4.61. The van der Waals surface area contributed by atoms with Gasteiger partial charge in [-0.15, -0.1) is 0 Å². The number of fused-ring (bicyclic) bond motifs is 3. The summed E-state index contributed by atoms with van der Waals surface area (Å²) in [5, 5.41) is 4.49. The molecule has 34 heavy (non-hydrogen) atoms. The minimum Gasteiger partial charge on any atom is -0.491 e. The highest BCUT2D eigenvalue weighted by Gasteiger charge is 2.18. The number of rotatable bonds is 3. The number of benzene rings is 2. The van der Waals surface area contributed by atoms with Crippen LogP contribution in [0.25, 0.3) is 0 Å². The van der Waals surface area contributed by atoms with Gasteiger partial charge in [0.2, 0.25) is 5.91 Å². The quantitative estimate of drug-likeness (QED) is 0.583. The highest BCUT2D eigenvalue weighted by atomic mass is 16.5. The molecule has 0 unspecified atom stereocenters. The minimum atomic E-state index is 0.140. The van der Waals surface area contributed by atoms with Gasteiger partial charge in [-0.1, -0.05) is 42.0 Å². The molecule has 2 bridgehead atoms. The molecule has 0 aliphatic carbocycles. The average molecular weight is 462 g/mol. The molecule has 0 atom stereocenters. The van der Waals surface area contributed by atoms with Gasteiger partial charge in [-0.05, 0) is 55.5 Å². The lowest BCUT2D eigenvalue weighted by Crippen LogP contribution is -2.34. The van der Waals surface area contributed by atoms with Crippen molar-refractivity contribution in [3.05, 3.63) is 81.7 Å². The van der Waals surface area contributed by atoms with Crippen LogP contribution in [0.15, 0.2) is 42.5 Å². The van der Waals surface area contributed by atoms with Gasteiger partial charge in [0.25, 0.3) is 0 Å². The third-order valence-electron chi connectivity index (χ3n) is 6.57. The van der Waals surface area contributed by atoms with E-state index in [0.717, 1.165) is 29.1 Å². The minimum absolute atomic E-state index is 0.140. The number of aromatic nitrogens is 2. The SMILES string of the molecule is Cc1ccc2c(c1)Cc1cccc(c1)CN(C(=O)CCc1c(C)nn(C)c1C)CCOCCO2. The van der Waals surface area contributed by atoms with Gasteiger partial charge >= 0.3 is 0 Å². The monoisotopic (exact) mass is 461 g/mol. The van der Waals surface area contributed by atoms with Crippen LogP contribution in [0.4, 0.5) is 0 Å². The number of hydrogen-bond acceptors (Lipinski definition) is 4. The van der Waals surface area contributed by atoms with E-state index in [2.05, 4.69) is 55.3 Å². The number of hydrogen-bond donors (Lipinski definition) is 0. The fourth-order valence-electron chi connectivity index (χ4n) is 4.61. The van der Waals surface area contributed by atoms with Crippen LogP contribution in [-0.4, -0.2) is 47.0 Å². The second-order valence-corrected chi connectivity index (χ2v) is 9.16. The van der Waals surface area contributed by atoms with Crippen LogP contribution < -0.4 is 4.74 Å². The van der Waals surface area contributed by atoms with Gasteiger partial charge in [-0.3, -0.25) is 9.48 Å². The second-order valence-electron chi connectivity index (χ2n) is 9.16. The van der Waals surface area contributed by atoms with Crippen LogP contribution in [-0.2, 0) is 36.0 Å². The average Bonchev–Trinajstić information content (AvgIpc) is 3.05. The molecule has 4 rings (SSSR count). The van der Waals surface area contributed by atoms with Crippen LogP contribution in [0.3, 0.4) is 0 Å². The van der Waals surface area contributed by atoms with Gasteiger partial charge in [-0.25, -0.2) is 0 Å². The Kier molecular flexibility index (Phi) is 7.68. The molecule has 0 saturated heterocycles. The summed E-state index contributed by atoms with van der Waals surface area (Å²) in [6.07, 6.45) is 1.95. The lowest BCUT2D eigenvalue weighted by atomic mass is 10.00. The van der Waals surface area contributed by atoms with E-state index in [4.69, 9.17) is 9.47 Å². The van der Waals surface area contributed by atoms with Crippen LogP contribution >= 0.6 is 0 Å². The molecular weight excluding hydrogens is 426 g/mol. The number of ether oxygens (including phenoxy) is 2. The van der Waals surface area contributed by atoms with Crippen molar-refractivity contribution in [2.75, 3.05) is 26.4 Å². The summed E-state index contributed by atoms with van der Waals surface area (Å²) < 4.78 is 13.7. The lowest BCUT2D eigenvalue weighted by molar-refractivity contribution is -0.132. The summed E-state index contributed by atoms with van der Waals surface area (Å²) in [5.74, 6) is 1.05. The zero-order chi connectivity index (χ0) is 24.1. The van der Waals surface area contributed by atoms with Crippen molar-refractivity contribution in [2.24, 2.45) is 7.05 Å². The van der Waals surface area contributed by atoms with E-state index in [0.29, 0.717) is 45.8 Å². The molecule has 6 nitrogen and oxygen atoms in total. The molecule has 6 heteroatoms. The summed E-state index contributed by atoms with van der Waals surface area (Å²) in [6, 6.07) is 14.8. The van der Waals surface area contributed by atoms with E-state index >= 15 is 0 Å². The molecule has 1 aliphatic heterocycles. The zero-order valence-electron chi connectivity index (χ0n) is 20.8. The van der Waals surface area contributed by atoms with Crippen molar-refractivity contribution in [3.8, 4) is 5.75 Å². The van der Waals surface area contributed by atoms with E-state index in [1.807, 2.05) is 29.6 Å². The first-order valence-corrected chi connectivity index (χ1v) is 12.1. The summed E-state index contributed by atoms with van der Waals surface area (Å²) in [7, 11) is 1.95. The van der Waals surface area contributed by atoms with Crippen molar-refractivity contribution >= 4 is 5.91 Å². The van der Waals surface area contributed by atoms with Crippen LogP contribution in [0.5, 0.6) is 5.75 Å². The Labute approximate surface area is 202 Å². The van der Waals surface area contributed by atoms with Crippen molar-refractivity contribution < 1.29 is 14.3 Å². The molecule has 0 radical (unpaired) electrons. The summed E-state index contributed by atoms with van der Waals surface area (Å²) in [6.45, 7) is 8.78. The van der Waals surface area contributed by atoms with Crippen molar-refractivity contribution in [2.45, 2.75) is 46.6 Å². The predicted molar refractivity (Wildman–Crippen MR) is 133 cm³/mol. The third kappa shape index (κ3) is 5.86. The normalized spacial score (nSPS) is 14.8. The fraction of sp³-hybridized carbons (Fsp3) is 0.429. The standard InChI is InChI=1S/C28H35N3O3/c1-20-8-10-27-25(16-20)18-23-6-5-7-24(17-23)19-31(12-13-33-14-15-34-27)28(32)11-9-26-21(2)29-30(4)22(26)3/h5-8,10,16-17H,9,11-15,18-19H2,1-4H3. The highest BCUT2D eigenvalue weighted by molar-refractivity contribution is 5.76. The highest BCUT2D eigenvalue weighted by Crippen LogP contribution is 2.24. The van der Waals surface area contributed by atoms with Gasteiger partial charge in [0.05, 0.1) is 18.9 Å². The Morgan fingerprint density at radius 3 is 2.65 bits per heavy atom. The Balaban J connectivity index is 1.52. The zero-order valence-corrected chi connectivity index (χ0v) is 20.8. The van der Waals surface area contributed by atoms with E-state index in [9.17, 15) is 4.79 Å². The van der Waals surface area contributed by atoms with Gasteiger partial charge in [-0.2, -0.15) is 5.10 Å². The Morgan fingerprint density at radius 2 is 1.85 bits per heavy atom. The van der Waals surface area contributed by atoms with Gasteiger partial charge in [0.15, 0.2) is 0 Å². The van der Waals surface area contributed by atoms with Crippen LogP contribution in [0.1, 0.15) is 45.6 Å². The molecule has 0 spiro atoms. The maximum atomic E-state index is 13.3. The van der Waals surface area contributed by atoms with Gasteiger partial charge in [0.1, 0.15) is 12.4 Å². The Hall–Kier alpha value is -3.12. The first kappa shape index (κ1) is 24.0. The van der Waals surface area contributed by atoms with Gasteiger partial charge < -0.3 is 14.4 Å². The maximum absolute atomic E-state index is 13.3. The van der Waals surface area contributed by atoms with Crippen molar-refractivity contribution in [1.82, 2.24) is 14.7 Å². The summed E-state index contributed by atoms with van der Waals surface area (Å²) in [4.78, 5) is 15.2. The first-order valence-electron chi connectivity index (χ1n) is 12.1. The van der Waals surface area contributed by atoms with Crippen LogP contribution in [0, 0.1) is 20.8 Å². The molecule has 0 N–H and O–H groups in total. The number of aryl methyl sites for hydroxylation is 3. The number of carbonyl (C=O) groups excluding carboxylic acids is 1. The lowest BCUT2D eigenvalue weighted by Gasteiger charge is -2.24.